The first-order chi connectivity index (χ1) is 11.0. The third-order valence-corrected chi connectivity index (χ3v) is 4.73. The van der Waals surface area contributed by atoms with E-state index in [0.717, 1.165) is 19.3 Å². The van der Waals surface area contributed by atoms with Gasteiger partial charge in [-0.1, -0.05) is 90.9 Å². The Hall–Kier alpha value is 1.58. The van der Waals surface area contributed by atoms with Crippen LogP contribution in [0.3, 0.4) is 0 Å². The fourth-order valence-electron chi connectivity index (χ4n) is 3.04. The molecule has 0 aromatic carbocycles. The molecular weight excluding hydrogens is 354 g/mol. The van der Waals surface area contributed by atoms with Crippen LogP contribution in [0.1, 0.15) is 107 Å². The molecule has 0 atom stereocenters. The molecule has 0 amide bonds. The quantitative estimate of drug-likeness (QED) is 0.218. The largest absolute Gasteiger partial charge is 1.00 e. The van der Waals surface area contributed by atoms with E-state index >= 15 is 0 Å². The molecule has 25 heavy (non-hydrogen) atoms. The van der Waals surface area contributed by atoms with Crippen molar-refractivity contribution in [1.82, 2.24) is 0 Å². The first kappa shape index (κ1) is 31.3. The molecule has 0 aromatic heterocycles. The number of aliphatic carboxylic acids is 2. The van der Waals surface area contributed by atoms with E-state index < -0.39 is 17.4 Å². The SMILES string of the molecule is CCCCCCCCCCCCC(CCCC)(C(=O)O)C(=O)O.[H-].[H-].[K+].[Na+]. The van der Waals surface area contributed by atoms with Gasteiger partial charge in [-0.25, -0.2) is 0 Å². The average Bonchev–Trinajstić information content (AvgIpc) is 2.51. The average molecular weight is 393 g/mol. The monoisotopic (exact) mass is 392 g/mol. The van der Waals surface area contributed by atoms with Crippen molar-refractivity contribution in [3.05, 3.63) is 0 Å². The van der Waals surface area contributed by atoms with Crippen molar-refractivity contribution in [3.8, 4) is 0 Å². The van der Waals surface area contributed by atoms with Crippen molar-refractivity contribution >= 4 is 11.9 Å². The molecule has 140 valence electrons. The van der Waals surface area contributed by atoms with Gasteiger partial charge in [0.2, 0.25) is 0 Å². The Kier molecular flexibility index (Phi) is 25.4. The summed E-state index contributed by atoms with van der Waals surface area (Å²) in [4.78, 5) is 23.0. The Balaban J connectivity index is -0.000000403. The molecule has 0 rings (SSSR count). The topological polar surface area (TPSA) is 74.6 Å². The predicted molar refractivity (Wildman–Crippen MR) is 95.9 cm³/mol. The summed E-state index contributed by atoms with van der Waals surface area (Å²) in [7, 11) is 0. The summed E-state index contributed by atoms with van der Waals surface area (Å²) >= 11 is 0. The van der Waals surface area contributed by atoms with Gasteiger partial charge in [0.15, 0.2) is 5.41 Å². The van der Waals surface area contributed by atoms with Crippen molar-refractivity contribution in [2.75, 3.05) is 0 Å². The van der Waals surface area contributed by atoms with Gasteiger partial charge in [0.05, 0.1) is 0 Å². The Bertz CT molecular complexity index is 334. The van der Waals surface area contributed by atoms with Crippen molar-refractivity contribution in [3.63, 3.8) is 0 Å². The van der Waals surface area contributed by atoms with Crippen LogP contribution in [0, 0.1) is 5.41 Å². The van der Waals surface area contributed by atoms with Crippen LogP contribution in [0.25, 0.3) is 0 Å². The minimum Gasteiger partial charge on any atom is -1.00 e. The maximum Gasteiger partial charge on any atom is 1.00 e. The molecule has 0 aliphatic rings. The van der Waals surface area contributed by atoms with E-state index in [1.54, 1.807) is 0 Å². The summed E-state index contributed by atoms with van der Waals surface area (Å²) in [5.41, 5.74) is -1.57. The van der Waals surface area contributed by atoms with Crippen LogP contribution in [0.4, 0.5) is 0 Å². The fourth-order valence-corrected chi connectivity index (χ4v) is 3.04. The van der Waals surface area contributed by atoms with Crippen LogP contribution in [0.2, 0.25) is 0 Å². The standard InChI is InChI=1S/C19H36O4.K.Na.2H/c1-3-5-7-8-9-10-11-12-13-14-16-19(17(20)21,18(22)23)15-6-4-2;;;;/h3-16H2,1-2H3,(H,20,21)(H,22,23);;;;/q;2*+1;2*-1. The Morgan fingerprint density at radius 3 is 1.36 bits per heavy atom. The second kappa shape index (κ2) is 20.3. The zero-order valence-corrected chi connectivity index (χ0v) is 22.2. The van der Waals surface area contributed by atoms with E-state index in [1.165, 1.54) is 44.9 Å². The minimum atomic E-state index is -1.57. The summed E-state index contributed by atoms with van der Waals surface area (Å²) in [6.45, 7) is 4.17. The Labute approximate surface area is 222 Å². The molecule has 0 unspecified atom stereocenters. The van der Waals surface area contributed by atoms with Crippen molar-refractivity contribution < 1.29 is 104 Å². The van der Waals surface area contributed by atoms with Gasteiger partial charge in [-0.3, -0.25) is 9.59 Å². The molecule has 0 aromatic rings. The van der Waals surface area contributed by atoms with E-state index in [0.29, 0.717) is 12.8 Å². The predicted octanol–water partition coefficient (Wildman–Crippen LogP) is -0.124. The number of rotatable bonds is 16. The van der Waals surface area contributed by atoms with Gasteiger partial charge >= 0.3 is 92.9 Å². The fraction of sp³-hybridized carbons (Fsp3) is 0.895. The molecule has 0 saturated heterocycles. The molecular formula is C19H38KNaO4. The van der Waals surface area contributed by atoms with Gasteiger partial charge in [0, 0.05) is 0 Å². The molecule has 0 saturated carbocycles. The molecule has 4 nitrogen and oxygen atoms in total. The number of unbranched alkanes of at least 4 members (excludes halogenated alkanes) is 10. The first-order valence-electron chi connectivity index (χ1n) is 9.48. The second-order valence-electron chi connectivity index (χ2n) is 6.73. The zero-order chi connectivity index (χ0) is 17.6. The number of carboxylic acid groups (broad SMARTS) is 2. The normalized spacial score (nSPS) is 10.6. The van der Waals surface area contributed by atoms with Gasteiger partial charge in [-0.2, -0.15) is 0 Å². The van der Waals surface area contributed by atoms with Crippen LogP contribution < -0.4 is 80.9 Å². The third-order valence-electron chi connectivity index (χ3n) is 4.73. The maximum absolute atomic E-state index is 11.5. The van der Waals surface area contributed by atoms with Gasteiger partial charge < -0.3 is 13.1 Å². The number of carboxylic acids is 2. The number of carbonyl (C=O) groups is 2. The van der Waals surface area contributed by atoms with Gasteiger partial charge in [-0.05, 0) is 12.8 Å². The summed E-state index contributed by atoms with van der Waals surface area (Å²) in [5.74, 6) is -2.34. The summed E-state index contributed by atoms with van der Waals surface area (Å²) < 4.78 is 0. The summed E-state index contributed by atoms with van der Waals surface area (Å²) in [6, 6.07) is 0. The van der Waals surface area contributed by atoms with E-state index in [4.69, 9.17) is 0 Å². The molecule has 0 bridgehead atoms. The first-order valence-corrected chi connectivity index (χ1v) is 9.48. The van der Waals surface area contributed by atoms with E-state index in [-0.39, 0.29) is 96.6 Å². The maximum atomic E-state index is 11.5. The van der Waals surface area contributed by atoms with Gasteiger partial charge in [0.25, 0.3) is 0 Å². The van der Waals surface area contributed by atoms with Crippen LogP contribution in [-0.4, -0.2) is 22.2 Å². The van der Waals surface area contributed by atoms with Crippen LogP contribution in [0.5, 0.6) is 0 Å². The van der Waals surface area contributed by atoms with E-state index in [1.807, 2.05) is 6.92 Å². The third kappa shape index (κ3) is 14.3. The zero-order valence-electron chi connectivity index (χ0n) is 19.1. The van der Waals surface area contributed by atoms with Crippen molar-refractivity contribution in [2.45, 2.75) is 104 Å². The van der Waals surface area contributed by atoms with Crippen molar-refractivity contribution in [1.29, 1.82) is 0 Å². The number of hydrogen-bond acceptors (Lipinski definition) is 2. The molecule has 0 fully saturated rings. The molecule has 0 aliphatic heterocycles. The Morgan fingerprint density at radius 2 is 1.00 bits per heavy atom. The Morgan fingerprint density at radius 1 is 0.680 bits per heavy atom. The molecule has 0 spiro atoms. The molecule has 0 aliphatic carbocycles. The van der Waals surface area contributed by atoms with E-state index in [2.05, 4.69) is 6.92 Å². The molecule has 2 N–H and O–H groups in total. The molecule has 6 heteroatoms. The smallest absolute Gasteiger partial charge is 1.00 e. The van der Waals surface area contributed by atoms with Crippen LogP contribution >= 0.6 is 0 Å². The number of hydrogen-bond donors (Lipinski definition) is 2. The van der Waals surface area contributed by atoms with Gasteiger partial charge in [-0.15, -0.1) is 0 Å². The van der Waals surface area contributed by atoms with E-state index in [9.17, 15) is 19.8 Å². The molecule has 0 radical (unpaired) electrons. The van der Waals surface area contributed by atoms with Gasteiger partial charge in [0.1, 0.15) is 0 Å². The molecule has 0 heterocycles. The van der Waals surface area contributed by atoms with Crippen LogP contribution in [0.15, 0.2) is 0 Å². The summed E-state index contributed by atoms with van der Waals surface area (Å²) in [6.07, 6.45) is 13.6. The summed E-state index contributed by atoms with van der Waals surface area (Å²) in [5, 5.41) is 18.8. The second-order valence-corrected chi connectivity index (χ2v) is 6.73. The van der Waals surface area contributed by atoms with Crippen molar-refractivity contribution in [2.24, 2.45) is 5.41 Å². The van der Waals surface area contributed by atoms with Crippen LogP contribution in [-0.2, 0) is 9.59 Å². The minimum absolute atomic E-state index is 0.